The number of hydrogen-bond acceptors (Lipinski definition) is 4. The Morgan fingerprint density at radius 1 is 1.30 bits per heavy atom. The largest absolute Gasteiger partial charge is 0.497 e. The maximum Gasteiger partial charge on any atom is 0.317 e. The summed E-state index contributed by atoms with van der Waals surface area (Å²) in [6.45, 7) is 1.37. The summed E-state index contributed by atoms with van der Waals surface area (Å²) in [6.07, 6.45) is 3.60. The van der Waals surface area contributed by atoms with E-state index in [4.69, 9.17) is 9.47 Å². The summed E-state index contributed by atoms with van der Waals surface area (Å²) in [5.41, 5.74) is 0.962. The van der Waals surface area contributed by atoms with Crippen molar-refractivity contribution in [3.63, 3.8) is 0 Å². The molecule has 1 aromatic heterocycles. The Bertz CT molecular complexity index is 625. The van der Waals surface area contributed by atoms with E-state index in [0.29, 0.717) is 19.7 Å². The highest BCUT2D eigenvalue weighted by Crippen LogP contribution is 2.16. The lowest BCUT2D eigenvalue weighted by molar-refractivity contribution is 0.195. The summed E-state index contributed by atoms with van der Waals surface area (Å²) >= 11 is 0. The van der Waals surface area contributed by atoms with Crippen molar-refractivity contribution >= 4 is 6.03 Å². The maximum atomic E-state index is 12.0. The van der Waals surface area contributed by atoms with Crippen LogP contribution in [0.25, 0.3) is 0 Å². The molecule has 0 radical (unpaired) electrons. The highest BCUT2D eigenvalue weighted by Gasteiger charge is 2.08. The summed E-state index contributed by atoms with van der Waals surface area (Å²) < 4.78 is 12.4. The normalized spacial score (nSPS) is 10.2. The van der Waals surface area contributed by atoms with Crippen LogP contribution in [-0.4, -0.2) is 48.0 Å². The van der Waals surface area contributed by atoms with Crippen LogP contribution in [0.5, 0.6) is 11.5 Å². The molecule has 2 aromatic rings. The van der Waals surface area contributed by atoms with Crippen molar-refractivity contribution in [1.29, 1.82) is 0 Å². The minimum Gasteiger partial charge on any atom is -0.497 e. The predicted molar refractivity (Wildman–Crippen MR) is 86.6 cm³/mol. The van der Waals surface area contributed by atoms with Gasteiger partial charge in [0.05, 0.1) is 19.9 Å². The van der Waals surface area contributed by atoms with Crippen molar-refractivity contribution in [3.8, 4) is 11.5 Å². The molecule has 1 aromatic carbocycles. The summed E-state index contributed by atoms with van der Waals surface area (Å²) in [6, 6.07) is 7.19. The van der Waals surface area contributed by atoms with Crippen LogP contribution < -0.4 is 14.8 Å². The van der Waals surface area contributed by atoms with Gasteiger partial charge in [0.2, 0.25) is 0 Å². The van der Waals surface area contributed by atoms with Gasteiger partial charge in [0.15, 0.2) is 0 Å². The average molecular weight is 318 g/mol. The Labute approximate surface area is 135 Å². The smallest absolute Gasteiger partial charge is 0.317 e. The van der Waals surface area contributed by atoms with Crippen LogP contribution in [0.4, 0.5) is 4.79 Å². The van der Waals surface area contributed by atoms with E-state index >= 15 is 0 Å². The molecule has 0 aliphatic carbocycles. The lowest BCUT2D eigenvalue weighted by Crippen LogP contribution is -2.39. The summed E-state index contributed by atoms with van der Waals surface area (Å²) in [4.78, 5) is 13.5. The fourth-order valence-electron chi connectivity index (χ4n) is 1.95. The Morgan fingerprint density at radius 2 is 2.00 bits per heavy atom. The lowest BCUT2D eigenvalue weighted by Gasteiger charge is -2.18. The SMILES string of the molecule is COc1ccc(OCCN(C)C(=O)NCc2cnn(C)c2)cc1. The Morgan fingerprint density at radius 3 is 2.61 bits per heavy atom. The lowest BCUT2D eigenvalue weighted by atomic mass is 10.3. The van der Waals surface area contributed by atoms with E-state index in [2.05, 4.69) is 10.4 Å². The quantitative estimate of drug-likeness (QED) is 0.843. The van der Waals surface area contributed by atoms with Crippen LogP contribution >= 0.6 is 0 Å². The zero-order valence-corrected chi connectivity index (χ0v) is 13.7. The first-order valence-electron chi connectivity index (χ1n) is 7.32. The summed E-state index contributed by atoms with van der Waals surface area (Å²) in [7, 11) is 5.19. The van der Waals surface area contributed by atoms with Crippen LogP contribution in [0.3, 0.4) is 0 Å². The van der Waals surface area contributed by atoms with Gasteiger partial charge in [-0.3, -0.25) is 4.68 Å². The van der Waals surface area contributed by atoms with Crippen molar-refractivity contribution in [2.75, 3.05) is 27.3 Å². The number of hydrogen-bond donors (Lipinski definition) is 1. The molecule has 0 saturated heterocycles. The zero-order chi connectivity index (χ0) is 16.7. The van der Waals surface area contributed by atoms with Crippen LogP contribution in [0.1, 0.15) is 5.56 Å². The minimum atomic E-state index is -0.146. The third kappa shape index (κ3) is 5.21. The van der Waals surface area contributed by atoms with Crippen molar-refractivity contribution in [2.45, 2.75) is 6.54 Å². The van der Waals surface area contributed by atoms with Crippen molar-refractivity contribution in [3.05, 3.63) is 42.2 Å². The third-order valence-electron chi connectivity index (χ3n) is 3.30. The van der Waals surface area contributed by atoms with Gasteiger partial charge >= 0.3 is 6.03 Å². The summed E-state index contributed by atoms with van der Waals surface area (Å²) in [5, 5.41) is 6.90. The molecular weight excluding hydrogens is 296 g/mol. The number of likely N-dealkylation sites (N-methyl/N-ethyl adjacent to an activating group) is 1. The van der Waals surface area contributed by atoms with E-state index in [1.165, 1.54) is 0 Å². The second kappa shape index (κ2) is 8.07. The number of rotatable bonds is 7. The molecule has 0 aliphatic rings. The van der Waals surface area contributed by atoms with Crippen molar-refractivity contribution < 1.29 is 14.3 Å². The molecule has 0 saturated carbocycles. The molecule has 0 fully saturated rings. The molecule has 7 nitrogen and oxygen atoms in total. The predicted octanol–water partition coefficient (Wildman–Crippen LogP) is 1.65. The second-order valence-corrected chi connectivity index (χ2v) is 5.13. The Kier molecular flexibility index (Phi) is 5.85. The fourth-order valence-corrected chi connectivity index (χ4v) is 1.95. The van der Waals surface area contributed by atoms with E-state index in [0.717, 1.165) is 17.1 Å². The van der Waals surface area contributed by atoms with Crippen LogP contribution in [0, 0.1) is 0 Å². The maximum absolute atomic E-state index is 12.0. The molecule has 0 spiro atoms. The van der Waals surface area contributed by atoms with Crippen molar-refractivity contribution in [1.82, 2.24) is 20.0 Å². The Hall–Kier alpha value is -2.70. The average Bonchev–Trinajstić information content (AvgIpc) is 2.98. The van der Waals surface area contributed by atoms with Gasteiger partial charge in [-0.1, -0.05) is 0 Å². The van der Waals surface area contributed by atoms with E-state index in [1.54, 1.807) is 29.9 Å². The molecule has 23 heavy (non-hydrogen) atoms. The van der Waals surface area contributed by atoms with Gasteiger partial charge in [0, 0.05) is 32.4 Å². The number of aryl methyl sites for hydroxylation is 1. The molecule has 0 aliphatic heterocycles. The van der Waals surface area contributed by atoms with Gasteiger partial charge in [-0.2, -0.15) is 5.10 Å². The number of amides is 2. The molecule has 1 N–H and O–H groups in total. The number of aromatic nitrogens is 2. The Balaban J connectivity index is 1.68. The highest BCUT2D eigenvalue weighted by molar-refractivity contribution is 5.73. The number of nitrogens with one attached hydrogen (secondary N) is 1. The fraction of sp³-hybridized carbons (Fsp3) is 0.375. The van der Waals surface area contributed by atoms with Crippen molar-refractivity contribution in [2.24, 2.45) is 7.05 Å². The van der Waals surface area contributed by atoms with E-state index in [1.807, 2.05) is 37.5 Å². The van der Waals surface area contributed by atoms with E-state index < -0.39 is 0 Å². The first kappa shape index (κ1) is 16.7. The van der Waals surface area contributed by atoms with Crippen LogP contribution in [-0.2, 0) is 13.6 Å². The van der Waals surface area contributed by atoms with E-state index in [-0.39, 0.29) is 6.03 Å². The van der Waals surface area contributed by atoms with Crippen LogP contribution in [0.2, 0.25) is 0 Å². The number of urea groups is 1. The van der Waals surface area contributed by atoms with Gasteiger partial charge in [-0.15, -0.1) is 0 Å². The van der Waals surface area contributed by atoms with Gasteiger partial charge in [0.1, 0.15) is 18.1 Å². The number of nitrogens with zero attached hydrogens (tertiary/aromatic N) is 3. The number of carbonyl (C=O) groups excluding carboxylic acids is 1. The molecule has 2 rings (SSSR count). The van der Waals surface area contributed by atoms with Gasteiger partial charge < -0.3 is 19.7 Å². The molecule has 0 bridgehead atoms. The zero-order valence-electron chi connectivity index (χ0n) is 13.7. The third-order valence-corrected chi connectivity index (χ3v) is 3.30. The first-order valence-corrected chi connectivity index (χ1v) is 7.32. The van der Waals surface area contributed by atoms with Gasteiger partial charge in [-0.25, -0.2) is 4.79 Å². The van der Waals surface area contributed by atoms with Crippen LogP contribution in [0.15, 0.2) is 36.7 Å². The van der Waals surface area contributed by atoms with Gasteiger partial charge in [-0.05, 0) is 24.3 Å². The summed E-state index contributed by atoms with van der Waals surface area (Å²) in [5.74, 6) is 1.53. The standard InChI is InChI=1S/C16H22N4O3/c1-19(16(21)17-10-13-11-18-20(2)12-13)8-9-23-15-6-4-14(22-3)5-7-15/h4-7,11-12H,8-10H2,1-3H3,(H,17,21). The topological polar surface area (TPSA) is 68.6 Å². The second-order valence-electron chi connectivity index (χ2n) is 5.13. The highest BCUT2D eigenvalue weighted by atomic mass is 16.5. The molecule has 1 heterocycles. The molecule has 0 atom stereocenters. The number of ether oxygens (including phenoxy) is 2. The molecule has 2 amide bonds. The molecule has 0 unspecified atom stereocenters. The van der Waals surface area contributed by atoms with Gasteiger partial charge in [0.25, 0.3) is 0 Å². The monoisotopic (exact) mass is 318 g/mol. The number of benzene rings is 1. The molecule has 124 valence electrons. The first-order chi connectivity index (χ1) is 11.1. The van der Waals surface area contributed by atoms with E-state index in [9.17, 15) is 4.79 Å². The number of methoxy groups -OCH3 is 1. The molecule has 7 heteroatoms. The minimum absolute atomic E-state index is 0.146. The number of carbonyl (C=O) groups is 1. The molecular formula is C16H22N4O3.